The van der Waals surface area contributed by atoms with Crippen molar-refractivity contribution in [1.29, 1.82) is 0 Å². The second-order valence-corrected chi connectivity index (χ2v) is 14.5. The van der Waals surface area contributed by atoms with Crippen LogP contribution in [-0.4, -0.2) is 64.4 Å². The summed E-state index contributed by atoms with van der Waals surface area (Å²) in [6, 6.07) is 23.8. The van der Waals surface area contributed by atoms with Gasteiger partial charge in [-0.15, -0.1) is 0 Å². The van der Waals surface area contributed by atoms with Gasteiger partial charge in [0.05, 0.1) is 32.0 Å². The fraction of sp³-hybridized carbons (Fsp3) is 0.457. The SMILES string of the molecule is C[C@H]1[C@@H](CN2CCC3(CC2)OCCO3)O[C@@H](c2ccc(-c3ccccc3CNC(=O)C(Cl)(Cl)Cl)cc2)O[C@H]1c1ccc(CO)cc1. The topological polar surface area (TPSA) is 89.5 Å². The summed E-state index contributed by atoms with van der Waals surface area (Å²) in [4.78, 5) is 14.6. The molecule has 0 aromatic heterocycles. The fourth-order valence-electron chi connectivity index (χ4n) is 6.50. The molecule has 0 saturated carbocycles. The molecule has 4 atom stereocenters. The van der Waals surface area contributed by atoms with Gasteiger partial charge in [0.1, 0.15) is 0 Å². The third-order valence-corrected chi connectivity index (χ3v) is 9.72. The zero-order chi connectivity index (χ0) is 32.3. The molecule has 3 aromatic carbocycles. The Hall–Kier alpha value is -2.24. The average molecular weight is 690 g/mol. The van der Waals surface area contributed by atoms with Crippen LogP contribution in [0.2, 0.25) is 0 Å². The van der Waals surface area contributed by atoms with Gasteiger partial charge in [-0.1, -0.05) is 115 Å². The number of amides is 1. The van der Waals surface area contributed by atoms with Gasteiger partial charge in [0.25, 0.3) is 9.70 Å². The quantitative estimate of drug-likeness (QED) is 0.263. The molecule has 0 bridgehead atoms. The normalized spacial score (nSPS) is 25.1. The number of likely N-dealkylation sites (tertiary alicyclic amines) is 1. The number of carbonyl (C=O) groups excluding carboxylic acids is 1. The van der Waals surface area contributed by atoms with E-state index in [9.17, 15) is 9.90 Å². The van der Waals surface area contributed by atoms with E-state index in [4.69, 9.17) is 53.8 Å². The highest BCUT2D eigenvalue weighted by atomic mass is 35.6. The van der Waals surface area contributed by atoms with Crippen LogP contribution in [0, 0.1) is 5.92 Å². The molecule has 0 radical (unpaired) electrons. The number of aliphatic hydroxyl groups is 1. The number of rotatable bonds is 8. The molecule has 3 fully saturated rings. The highest BCUT2D eigenvalue weighted by Gasteiger charge is 2.43. The molecule has 3 heterocycles. The Bertz CT molecular complexity index is 1470. The molecule has 0 aliphatic carbocycles. The van der Waals surface area contributed by atoms with Crippen molar-refractivity contribution in [2.45, 2.75) is 61.0 Å². The standard InChI is InChI=1S/C35H39Cl3N2O6/c1-23-30(21-40-16-14-34(15-17-40)43-18-19-44-34)45-32(46-31(23)26-8-6-24(22-41)7-9-26)27-12-10-25(11-13-27)29-5-3-2-4-28(29)20-39-33(42)35(36,37)38/h2-13,23,30-32,41H,14-22H2,1H3,(H,39,42)/t23-,30+,31+,32+/m0/s1. The first kappa shape index (κ1) is 33.7. The van der Waals surface area contributed by atoms with E-state index in [1.54, 1.807) is 0 Å². The number of nitrogens with one attached hydrogen (secondary N) is 1. The molecule has 3 saturated heterocycles. The Kier molecular flexibility index (Phi) is 10.6. The molecule has 1 spiro atoms. The van der Waals surface area contributed by atoms with E-state index in [1.807, 2.05) is 72.8 Å². The van der Waals surface area contributed by atoms with E-state index in [0.29, 0.717) is 13.2 Å². The lowest BCUT2D eigenvalue weighted by Crippen LogP contribution is -2.50. The van der Waals surface area contributed by atoms with Crippen LogP contribution >= 0.6 is 34.8 Å². The average Bonchev–Trinajstić information content (AvgIpc) is 3.53. The molecule has 3 aliphatic heterocycles. The van der Waals surface area contributed by atoms with Gasteiger partial charge in [0.2, 0.25) is 0 Å². The van der Waals surface area contributed by atoms with E-state index in [1.165, 1.54) is 0 Å². The maximum Gasteiger partial charge on any atom is 0.272 e. The maximum absolute atomic E-state index is 12.1. The summed E-state index contributed by atoms with van der Waals surface area (Å²) >= 11 is 17.2. The molecule has 246 valence electrons. The van der Waals surface area contributed by atoms with Gasteiger partial charge >= 0.3 is 0 Å². The molecule has 3 aliphatic rings. The number of benzene rings is 3. The lowest BCUT2D eigenvalue weighted by Gasteiger charge is -2.44. The van der Waals surface area contributed by atoms with Crippen LogP contribution in [0.15, 0.2) is 72.8 Å². The number of aliphatic hydroxyl groups excluding tert-OH is 1. The summed E-state index contributed by atoms with van der Waals surface area (Å²) in [5.74, 6) is -1.02. The van der Waals surface area contributed by atoms with E-state index in [-0.39, 0.29) is 31.3 Å². The summed E-state index contributed by atoms with van der Waals surface area (Å²) < 4.78 is 23.3. The van der Waals surface area contributed by atoms with Crippen LogP contribution in [0.25, 0.3) is 11.1 Å². The van der Waals surface area contributed by atoms with Crippen LogP contribution in [-0.2, 0) is 36.9 Å². The van der Waals surface area contributed by atoms with Crippen LogP contribution in [0.4, 0.5) is 0 Å². The third-order valence-electron chi connectivity index (χ3n) is 9.20. The Morgan fingerprint density at radius 2 is 1.59 bits per heavy atom. The minimum Gasteiger partial charge on any atom is -0.392 e. The summed E-state index contributed by atoms with van der Waals surface area (Å²) in [7, 11) is 0. The molecule has 46 heavy (non-hydrogen) atoms. The van der Waals surface area contributed by atoms with Crippen LogP contribution in [0.1, 0.15) is 54.4 Å². The Balaban J connectivity index is 1.20. The van der Waals surface area contributed by atoms with E-state index >= 15 is 0 Å². The van der Waals surface area contributed by atoms with E-state index in [0.717, 1.165) is 65.9 Å². The largest absolute Gasteiger partial charge is 0.392 e. The van der Waals surface area contributed by atoms with Crippen molar-refractivity contribution in [1.82, 2.24) is 10.2 Å². The van der Waals surface area contributed by atoms with Crippen molar-refractivity contribution in [2.24, 2.45) is 5.92 Å². The van der Waals surface area contributed by atoms with Gasteiger partial charge in [-0.3, -0.25) is 4.79 Å². The molecule has 3 aromatic rings. The van der Waals surface area contributed by atoms with Gasteiger partial charge in [-0.25, -0.2) is 0 Å². The second kappa shape index (κ2) is 14.5. The fourth-order valence-corrected chi connectivity index (χ4v) is 6.70. The Labute approximate surface area is 284 Å². The highest BCUT2D eigenvalue weighted by molar-refractivity contribution is 6.76. The lowest BCUT2D eigenvalue weighted by atomic mass is 9.89. The summed E-state index contributed by atoms with van der Waals surface area (Å²) in [5, 5.41) is 12.3. The molecular weight excluding hydrogens is 651 g/mol. The lowest BCUT2D eigenvalue weighted by molar-refractivity contribution is -0.278. The second-order valence-electron chi connectivity index (χ2n) is 12.2. The minimum absolute atomic E-state index is 0.00560. The number of hydrogen-bond acceptors (Lipinski definition) is 7. The number of halogens is 3. The minimum atomic E-state index is -2.03. The number of ether oxygens (including phenoxy) is 4. The van der Waals surface area contributed by atoms with Crippen molar-refractivity contribution in [3.63, 3.8) is 0 Å². The van der Waals surface area contributed by atoms with Crippen LogP contribution in [0.5, 0.6) is 0 Å². The summed E-state index contributed by atoms with van der Waals surface area (Å²) in [5.41, 5.74) is 5.63. The van der Waals surface area contributed by atoms with Gasteiger partial charge in [-0.05, 0) is 27.8 Å². The van der Waals surface area contributed by atoms with Crippen molar-refractivity contribution < 1.29 is 28.8 Å². The maximum atomic E-state index is 12.1. The molecule has 8 nitrogen and oxygen atoms in total. The molecule has 0 unspecified atom stereocenters. The monoisotopic (exact) mass is 688 g/mol. The van der Waals surface area contributed by atoms with E-state index < -0.39 is 21.8 Å². The summed E-state index contributed by atoms with van der Waals surface area (Å²) in [6.45, 7) is 6.25. The first-order chi connectivity index (χ1) is 22.1. The number of carbonyl (C=O) groups is 1. The smallest absolute Gasteiger partial charge is 0.272 e. The first-order valence-corrected chi connectivity index (χ1v) is 16.8. The predicted octanol–water partition coefficient (Wildman–Crippen LogP) is 6.46. The number of nitrogens with zero attached hydrogens (tertiary/aromatic N) is 1. The molecule has 6 rings (SSSR count). The Morgan fingerprint density at radius 3 is 2.24 bits per heavy atom. The number of piperidine rings is 1. The first-order valence-electron chi connectivity index (χ1n) is 15.7. The summed E-state index contributed by atoms with van der Waals surface area (Å²) in [6.07, 6.45) is 0.835. The zero-order valence-electron chi connectivity index (χ0n) is 25.7. The third kappa shape index (κ3) is 7.73. The van der Waals surface area contributed by atoms with Crippen LogP contribution in [0.3, 0.4) is 0 Å². The molecule has 11 heteroatoms. The Morgan fingerprint density at radius 1 is 0.935 bits per heavy atom. The van der Waals surface area contributed by atoms with Crippen molar-refractivity contribution in [2.75, 3.05) is 32.8 Å². The van der Waals surface area contributed by atoms with Gasteiger partial charge in [-0.2, -0.15) is 0 Å². The van der Waals surface area contributed by atoms with Gasteiger partial charge in [0.15, 0.2) is 12.1 Å². The number of alkyl halides is 3. The van der Waals surface area contributed by atoms with E-state index in [2.05, 4.69) is 17.1 Å². The van der Waals surface area contributed by atoms with Crippen molar-refractivity contribution in [3.05, 3.63) is 95.1 Å². The van der Waals surface area contributed by atoms with Crippen molar-refractivity contribution >= 4 is 40.7 Å². The zero-order valence-corrected chi connectivity index (χ0v) is 27.9. The number of hydrogen-bond donors (Lipinski definition) is 2. The molecule has 2 N–H and O–H groups in total. The van der Waals surface area contributed by atoms with Gasteiger partial charge < -0.3 is 34.3 Å². The predicted molar refractivity (Wildman–Crippen MR) is 177 cm³/mol. The van der Waals surface area contributed by atoms with Gasteiger partial charge in [0, 0.05) is 50.5 Å². The van der Waals surface area contributed by atoms with Crippen molar-refractivity contribution in [3.8, 4) is 11.1 Å². The highest BCUT2D eigenvalue weighted by Crippen LogP contribution is 2.43. The van der Waals surface area contributed by atoms with Crippen LogP contribution < -0.4 is 5.32 Å². The molecular formula is C35H39Cl3N2O6. The molecule has 1 amide bonds.